The first kappa shape index (κ1) is 18.7. The van der Waals surface area contributed by atoms with Crippen LogP contribution >= 0.6 is 0 Å². The van der Waals surface area contributed by atoms with Gasteiger partial charge in [-0.3, -0.25) is 4.79 Å². The summed E-state index contributed by atoms with van der Waals surface area (Å²) in [6.07, 6.45) is 12.1. The van der Waals surface area contributed by atoms with Crippen molar-refractivity contribution in [3.8, 4) is 0 Å². The molecule has 3 aliphatic rings. The Balaban J connectivity index is 1.61. The number of hydrogen-bond donors (Lipinski definition) is 1. The van der Waals surface area contributed by atoms with Gasteiger partial charge in [0.2, 0.25) is 0 Å². The number of benzene rings is 1. The van der Waals surface area contributed by atoms with Gasteiger partial charge in [0, 0.05) is 31.0 Å². The van der Waals surface area contributed by atoms with Crippen molar-refractivity contribution in [2.24, 2.45) is 0 Å². The second kappa shape index (κ2) is 7.47. The highest BCUT2D eigenvalue weighted by Crippen LogP contribution is 2.46. The minimum atomic E-state index is -0.142. The van der Waals surface area contributed by atoms with Crippen LogP contribution in [0, 0.1) is 0 Å². The van der Waals surface area contributed by atoms with Gasteiger partial charge in [-0.25, -0.2) is 0 Å². The molecule has 1 saturated carbocycles. The molecule has 0 spiro atoms. The van der Waals surface area contributed by atoms with Gasteiger partial charge in [0.25, 0.3) is 5.56 Å². The van der Waals surface area contributed by atoms with Crippen molar-refractivity contribution in [3.05, 3.63) is 69.4 Å². The molecular formula is C25H31N3O. The highest BCUT2D eigenvalue weighted by Gasteiger charge is 2.39. The van der Waals surface area contributed by atoms with Crippen molar-refractivity contribution in [1.82, 2.24) is 14.9 Å². The van der Waals surface area contributed by atoms with Gasteiger partial charge >= 0.3 is 0 Å². The average Bonchev–Trinajstić information content (AvgIpc) is 3.05. The highest BCUT2D eigenvalue weighted by molar-refractivity contribution is 5.59. The van der Waals surface area contributed by atoms with E-state index in [9.17, 15) is 4.79 Å². The molecule has 1 aliphatic heterocycles. The van der Waals surface area contributed by atoms with Gasteiger partial charge < -0.3 is 9.88 Å². The molecule has 5 rings (SSSR count). The van der Waals surface area contributed by atoms with Crippen LogP contribution in [0.3, 0.4) is 0 Å². The molecule has 0 unspecified atom stereocenters. The van der Waals surface area contributed by atoms with E-state index in [1.54, 1.807) is 22.8 Å². The first-order chi connectivity index (χ1) is 14.2. The molecule has 4 nitrogen and oxygen atoms in total. The third kappa shape index (κ3) is 3.33. The van der Waals surface area contributed by atoms with Gasteiger partial charge in [-0.2, -0.15) is 4.98 Å². The molecular weight excluding hydrogens is 358 g/mol. The van der Waals surface area contributed by atoms with E-state index >= 15 is 0 Å². The topological polar surface area (TPSA) is 46.9 Å². The third-order valence-electron chi connectivity index (χ3n) is 7.36. The zero-order chi connectivity index (χ0) is 19.8. The van der Waals surface area contributed by atoms with E-state index < -0.39 is 0 Å². The van der Waals surface area contributed by atoms with Crippen LogP contribution in [0.15, 0.2) is 35.6 Å². The fourth-order valence-electron chi connectivity index (χ4n) is 5.95. The summed E-state index contributed by atoms with van der Waals surface area (Å²) in [7, 11) is 0. The van der Waals surface area contributed by atoms with Crippen LogP contribution in [-0.4, -0.2) is 16.1 Å². The van der Waals surface area contributed by atoms with Crippen molar-refractivity contribution in [2.45, 2.75) is 76.2 Å². The molecule has 1 N–H and O–H groups in total. The Labute approximate surface area is 173 Å². The maximum absolute atomic E-state index is 12.4. The van der Waals surface area contributed by atoms with E-state index in [4.69, 9.17) is 0 Å². The Hall–Kier alpha value is -2.36. The number of rotatable bonds is 3. The molecule has 2 heterocycles. The second-order valence-electron chi connectivity index (χ2n) is 9.12. The van der Waals surface area contributed by atoms with Gasteiger partial charge in [0.1, 0.15) is 5.82 Å². The minimum absolute atomic E-state index is 0.115. The number of aryl methyl sites for hydroxylation is 1. The summed E-state index contributed by atoms with van der Waals surface area (Å²) >= 11 is 0. The smallest absolute Gasteiger partial charge is 0.273 e. The molecule has 0 radical (unpaired) electrons. The van der Waals surface area contributed by atoms with Crippen molar-refractivity contribution >= 4 is 5.70 Å². The van der Waals surface area contributed by atoms with Gasteiger partial charge in [-0.1, -0.05) is 44.0 Å². The molecule has 0 bridgehead atoms. The molecule has 152 valence electrons. The van der Waals surface area contributed by atoms with E-state index in [1.807, 2.05) is 0 Å². The van der Waals surface area contributed by atoms with Crippen LogP contribution < -0.4 is 10.9 Å². The first-order valence-corrected chi connectivity index (χ1v) is 11.3. The summed E-state index contributed by atoms with van der Waals surface area (Å²) in [6.45, 7) is 5.81. The van der Waals surface area contributed by atoms with Crippen LogP contribution in [0.5, 0.6) is 0 Å². The number of nitrogens with zero attached hydrogens (tertiary/aromatic N) is 2. The van der Waals surface area contributed by atoms with Crippen LogP contribution in [0.1, 0.15) is 73.2 Å². The molecule has 1 aromatic heterocycles. The fraction of sp³-hybridized carbons (Fsp3) is 0.520. The Morgan fingerprint density at radius 3 is 2.79 bits per heavy atom. The van der Waals surface area contributed by atoms with E-state index in [1.165, 1.54) is 57.8 Å². The number of hydrogen-bond acceptors (Lipinski definition) is 3. The van der Waals surface area contributed by atoms with E-state index in [0.717, 1.165) is 36.7 Å². The number of aromatic nitrogens is 2. The first-order valence-electron chi connectivity index (χ1n) is 11.3. The summed E-state index contributed by atoms with van der Waals surface area (Å²) in [4.78, 5) is 16.9. The van der Waals surface area contributed by atoms with E-state index in [-0.39, 0.29) is 11.0 Å². The summed E-state index contributed by atoms with van der Waals surface area (Å²) in [5.41, 5.74) is 6.44. The summed E-state index contributed by atoms with van der Waals surface area (Å²) < 4.78 is 2.24. The Bertz CT molecular complexity index is 998. The summed E-state index contributed by atoms with van der Waals surface area (Å²) in [5.74, 6) is 0.947. The van der Waals surface area contributed by atoms with E-state index in [0.29, 0.717) is 0 Å². The van der Waals surface area contributed by atoms with Crippen molar-refractivity contribution in [1.29, 1.82) is 0 Å². The van der Waals surface area contributed by atoms with Crippen LogP contribution in [-0.2, 0) is 31.2 Å². The van der Waals surface area contributed by atoms with Gasteiger partial charge in [0.05, 0.1) is 11.4 Å². The predicted octanol–water partition coefficient (Wildman–Crippen LogP) is 4.14. The van der Waals surface area contributed by atoms with Gasteiger partial charge in [-0.05, 0) is 55.2 Å². The zero-order valence-corrected chi connectivity index (χ0v) is 17.3. The SMILES string of the molecule is C=C1NCCn2c1cc(=O)nc2CC1(c2cccc3c2CCCCC3)CCCC1. The maximum atomic E-state index is 12.4. The lowest BCUT2D eigenvalue weighted by Gasteiger charge is -2.34. The second-order valence-corrected chi connectivity index (χ2v) is 9.12. The molecule has 0 amide bonds. The molecule has 1 aromatic carbocycles. The van der Waals surface area contributed by atoms with Gasteiger partial charge in [0.15, 0.2) is 0 Å². The molecule has 2 aliphatic carbocycles. The zero-order valence-electron chi connectivity index (χ0n) is 17.3. The fourth-order valence-corrected chi connectivity index (χ4v) is 5.95. The molecule has 4 heteroatoms. The standard InChI is InChI=1S/C25H31N3O/c1-18-22-16-24(29)27-23(28(22)15-14-26-18)17-25(12-5-6-13-25)21-11-7-9-19-8-3-2-4-10-20(19)21/h7,9,11,16,26H,1-6,8,10,12-15,17H2. The molecule has 2 aromatic rings. The third-order valence-corrected chi connectivity index (χ3v) is 7.36. The summed E-state index contributed by atoms with van der Waals surface area (Å²) in [6, 6.07) is 8.63. The quantitative estimate of drug-likeness (QED) is 0.803. The van der Waals surface area contributed by atoms with Gasteiger partial charge in [-0.15, -0.1) is 0 Å². The number of nitrogens with one attached hydrogen (secondary N) is 1. The highest BCUT2D eigenvalue weighted by atomic mass is 16.1. The normalized spacial score (nSPS) is 20.5. The van der Waals surface area contributed by atoms with Crippen molar-refractivity contribution < 1.29 is 0 Å². The predicted molar refractivity (Wildman–Crippen MR) is 117 cm³/mol. The van der Waals surface area contributed by atoms with Crippen LogP contribution in [0.2, 0.25) is 0 Å². The molecule has 29 heavy (non-hydrogen) atoms. The largest absolute Gasteiger partial charge is 0.382 e. The van der Waals surface area contributed by atoms with E-state index in [2.05, 4.69) is 39.6 Å². The number of fused-ring (bicyclic) bond motifs is 2. The monoisotopic (exact) mass is 389 g/mol. The Kier molecular flexibility index (Phi) is 4.81. The summed E-state index contributed by atoms with van der Waals surface area (Å²) in [5, 5.41) is 3.29. The lowest BCUT2D eigenvalue weighted by molar-refractivity contribution is 0.405. The minimum Gasteiger partial charge on any atom is -0.382 e. The maximum Gasteiger partial charge on any atom is 0.273 e. The lowest BCUT2D eigenvalue weighted by atomic mass is 9.72. The van der Waals surface area contributed by atoms with Crippen LogP contribution in [0.4, 0.5) is 0 Å². The molecule has 1 fully saturated rings. The van der Waals surface area contributed by atoms with Crippen molar-refractivity contribution in [2.75, 3.05) is 6.54 Å². The Morgan fingerprint density at radius 2 is 1.93 bits per heavy atom. The van der Waals surface area contributed by atoms with Crippen LogP contribution in [0.25, 0.3) is 5.70 Å². The lowest BCUT2D eigenvalue weighted by Crippen LogP contribution is -2.36. The average molecular weight is 390 g/mol. The van der Waals surface area contributed by atoms with Crippen molar-refractivity contribution in [3.63, 3.8) is 0 Å². The molecule has 0 atom stereocenters. The molecule has 0 saturated heterocycles. The Morgan fingerprint density at radius 1 is 1.10 bits per heavy atom.